The number of ketones is 3. The second kappa shape index (κ2) is 4.00. The predicted molar refractivity (Wildman–Crippen MR) is 58.0 cm³/mol. The molecule has 1 aromatic carbocycles. The van der Waals surface area contributed by atoms with Gasteiger partial charge < -0.3 is 0 Å². The van der Waals surface area contributed by atoms with E-state index in [1.54, 1.807) is 31.2 Å². The number of rotatable bonds is 2. The number of hydrogen-bond donors (Lipinski definition) is 0. The zero-order valence-electron chi connectivity index (χ0n) is 8.97. The Bertz CT molecular complexity index is 448. The van der Waals surface area contributed by atoms with Crippen LogP contribution in [0.5, 0.6) is 0 Å². The summed E-state index contributed by atoms with van der Waals surface area (Å²) < 4.78 is 0. The molecule has 0 N–H and O–H groups in total. The van der Waals surface area contributed by atoms with Gasteiger partial charge in [0.1, 0.15) is 5.92 Å². The zero-order chi connectivity index (χ0) is 11.7. The van der Waals surface area contributed by atoms with Gasteiger partial charge in [0.2, 0.25) is 11.6 Å². The van der Waals surface area contributed by atoms with Gasteiger partial charge >= 0.3 is 0 Å². The van der Waals surface area contributed by atoms with E-state index in [4.69, 9.17) is 0 Å². The first-order valence-corrected chi connectivity index (χ1v) is 5.33. The lowest BCUT2D eigenvalue weighted by Gasteiger charge is -2.06. The van der Waals surface area contributed by atoms with Crippen molar-refractivity contribution < 1.29 is 14.4 Å². The Morgan fingerprint density at radius 2 is 1.62 bits per heavy atom. The van der Waals surface area contributed by atoms with Crippen LogP contribution in [0.25, 0.3) is 0 Å². The summed E-state index contributed by atoms with van der Waals surface area (Å²) in [6, 6.07) is 8.77. The molecule has 0 heterocycles. The molecule has 1 aromatic rings. The monoisotopic (exact) mass is 216 g/mol. The lowest BCUT2D eigenvalue weighted by atomic mass is 9.94. The van der Waals surface area contributed by atoms with E-state index < -0.39 is 23.4 Å². The normalized spacial score (nSPS) is 25.2. The summed E-state index contributed by atoms with van der Waals surface area (Å²) in [6.45, 7) is 1.75. The Hall–Kier alpha value is -1.77. The molecule has 1 aliphatic rings. The summed E-state index contributed by atoms with van der Waals surface area (Å²) in [6.07, 6.45) is 0.409. The molecule has 82 valence electrons. The summed E-state index contributed by atoms with van der Waals surface area (Å²) in [4.78, 5) is 35.2. The van der Waals surface area contributed by atoms with Gasteiger partial charge in [0.05, 0.1) is 5.92 Å². The van der Waals surface area contributed by atoms with Gasteiger partial charge in [-0.05, 0) is 12.0 Å². The summed E-state index contributed by atoms with van der Waals surface area (Å²) in [5, 5.41) is 0. The van der Waals surface area contributed by atoms with E-state index in [9.17, 15) is 14.4 Å². The molecular formula is C13H12O3. The molecule has 1 saturated carbocycles. The highest BCUT2D eigenvalue weighted by atomic mass is 16.2. The highest BCUT2D eigenvalue weighted by Gasteiger charge is 2.48. The third-order valence-corrected chi connectivity index (χ3v) is 2.99. The number of benzene rings is 1. The first-order valence-electron chi connectivity index (χ1n) is 5.33. The Balaban J connectivity index is 2.41. The molecule has 0 spiro atoms. The van der Waals surface area contributed by atoms with Crippen LogP contribution in [0.2, 0.25) is 0 Å². The van der Waals surface area contributed by atoms with Crippen LogP contribution in [0.3, 0.4) is 0 Å². The molecule has 0 amide bonds. The average Bonchev–Trinajstić information content (AvgIpc) is 2.51. The Labute approximate surface area is 93.5 Å². The minimum absolute atomic E-state index is 0.247. The van der Waals surface area contributed by atoms with Gasteiger partial charge in [0.25, 0.3) is 0 Å². The first-order chi connectivity index (χ1) is 7.66. The maximum absolute atomic E-state index is 11.9. The van der Waals surface area contributed by atoms with Crippen LogP contribution in [-0.2, 0) is 14.4 Å². The fourth-order valence-corrected chi connectivity index (χ4v) is 2.12. The highest BCUT2D eigenvalue weighted by molar-refractivity contribution is 6.52. The van der Waals surface area contributed by atoms with E-state index in [0.717, 1.165) is 0 Å². The molecule has 2 rings (SSSR count). The van der Waals surface area contributed by atoms with Crippen molar-refractivity contribution in [2.45, 2.75) is 19.3 Å². The van der Waals surface area contributed by atoms with Crippen LogP contribution < -0.4 is 0 Å². The molecule has 0 aromatic heterocycles. The maximum Gasteiger partial charge on any atom is 0.214 e. The van der Waals surface area contributed by atoms with Crippen molar-refractivity contribution in [1.82, 2.24) is 0 Å². The molecular weight excluding hydrogens is 204 g/mol. The SMILES string of the molecule is CC[C@H]1C(=O)C(=O)[C@@H](c2ccccc2)C1=O. The minimum atomic E-state index is -0.862. The Morgan fingerprint density at radius 3 is 2.12 bits per heavy atom. The smallest absolute Gasteiger partial charge is 0.214 e. The second-order valence-corrected chi connectivity index (χ2v) is 3.94. The van der Waals surface area contributed by atoms with Gasteiger partial charge in [-0.3, -0.25) is 14.4 Å². The van der Waals surface area contributed by atoms with Crippen molar-refractivity contribution in [3.63, 3.8) is 0 Å². The van der Waals surface area contributed by atoms with Crippen molar-refractivity contribution in [3.8, 4) is 0 Å². The molecule has 0 saturated heterocycles. The molecule has 16 heavy (non-hydrogen) atoms. The quantitative estimate of drug-likeness (QED) is 0.556. The van der Waals surface area contributed by atoms with E-state index in [1.165, 1.54) is 0 Å². The summed E-state index contributed by atoms with van der Waals surface area (Å²) in [5.74, 6) is -2.91. The highest BCUT2D eigenvalue weighted by Crippen LogP contribution is 2.31. The van der Waals surface area contributed by atoms with Crippen LogP contribution in [0.15, 0.2) is 30.3 Å². The van der Waals surface area contributed by atoms with Crippen molar-refractivity contribution in [2.24, 2.45) is 5.92 Å². The van der Waals surface area contributed by atoms with Gasteiger partial charge in [-0.25, -0.2) is 0 Å². The average molecular weight is 216 g/mol. The number of hydrogen-bond acceptors (Lipinski definition) is 3. The number of Topliss-reactive ketones (excluding diaryl/α,β-unsaturated/α-hetero) is 3. The Morgan fingerprint density at radius 1 is 1.00 bits per heavy atom. The largest absolute Gasteiger partial charge is 0.298 e. The van der Waals surface area contributed by atoms with Gasteiger partial charge in [-0.1, -0.05) is 37.3 Å². The second-order valence-electron chi connectivity index (χ2n) is 3.94. The fourth-order valence-electron chi connectivity index (χ4n) is 2.12. The third kappa shape index (κ3) is 1.48. The van der Waals surface area contributed by atoms with Crippen molar-refractivity contribution in [1.29, 1.82) is 0 Å². The molecule has 0 unspecified atom stereocenters. The van der Waals surface area contributed by atoms with Crippen molar-refractivity contribution >= 4 is 17.3 Å². The molecule has 0 aliphatic heterocycles. The molecule has 1 aliphatic carbocycles. The van der Waals surface area contributed by atoms with Crippen LogP contribution in [0.1, 0.15) is 24.8 Å². The van der Waals surface area contributed by atoms with E-state index in [1.807, 2.05) is 6.07 Å². The zero-order valence-corrected chi connectivity index (χ0v) is 8.97. The van der Waals surface area contributed by atoms with Crippen molar-refractivity contribution in [2.75, 3.05) is 0 Å². The molecule has 0 radical (unpaired) electrons. The van der Waals surface area contributed by atoms with Gasteiger partial charge in [0, 0.05) is 0 Å². The summed E-state index contributed by atoms with van der Waals surface area (Å²) >= 11 is 0. The van der Waals surface area contributed by atoms with E-state index in [0.29, 0.717) is 12.0 Å². The Kier molecular flexibility index (Phi) is 2.69. The van der Waals surface area contributed by atoms with Crippen LogP contribution in [0, 0.1) is 5.92 Å². The topological polar surface area (TPSA) is 51.2 Å². The molecule has 1 fully saturated rings. The van der Waals surface area contributed by atoms with E-state index >= 15 is 0 Å². The molecule has 3 nitrogen and oxygen atoms in total. The van der Waals surface area contributed by atoms with Crippen LogP contribution in [-0.4, -0.2) is 17.3 Å². The van der Waals surface area contributed by atoms with E-state index in [-0.39, 0.29) is 5.78 Å². The standard InChI is InChI=1S/C13H12O3/c1-2-9-11(14)10(13(16)12(9)15)8-6-4-3-5-7-8/h3-7,9-10H,2H2,1H3/t9-,10+/m1/s1. The van der Waals surface area contributed by atoms with Crippen LogP contribution in [0.4, 0.5) is 0 Å². The third-order valence-electron chi connectivity index (χ3n) is 2.99. The van der Waals surface area contributed by atoms with Crippen molar-refractivity contribution in [3.05, 3.63) is 35.9 Å². The van der Waals surface area contributed by atoms with Gasteiger partial charge in [0.15, 0.2) is 5.78 Å². The lowest BCUT2D eigenvalue weighted by Crippen LogP contribution is -2.15. The van der Waals surface area contributed by atoms with Gasteiger partial charge in [-0.2, -0.15) is 0 Å². The first kappa shape index (κ1) is 10.7. The van der Waals surface area contributed by atoms with Crippen LogP contribution >= 0.6 is 0 Å². The predicted octanol–water partition coefficient (Wildman–Crippen LogP) is 1.52. The van der Waals surface area contributed by atoms with Gasteiger partial charge in [-0.15, -0.1) is 0 Å². The number of carbonyl (C=O) groups excluding carboxylic acids is 3. The lowest BCUT2D eigenvalue weighted by molar-refractivity contribution is -0.136. The minimum Gasteiger partial charge on any atom is -0.298 e. The molecule has 3 heteroatoms. The van der Waals surface area contributed by atoms with E-state index in [2.05, 4.69) is 0 Å². The number of carbonyl (C=O) groups is 3. The summed E-state index contributed by atoms with van der Waals surface area (Å²) in [5.41, 5.74) is 0.627. The maximum atomic E-state index is 11.9. The molecule has 2 atom stereocenters. The summed E-state index contributed by atoms with van der Waals surface area (Å²) in [7, 11) is 0. The fraction of sp³-hybridized carbons (Fsp3) is 0.308. The molecule has 0 bridgehead atoms.